The SMILES string of the molecule is CCC(C)(C)C(C(C#N)C#N)P(=O)(c1ccccc1)c1ccccc1. The maximum absolute atomic E-state index is 14.6. The maximum atomic E-state index is 14.6. The van der Waals surface area contributed by atoms with Gasteiger partial charge in [-0.25, -0.2) is 0 Å². The highest BCUT2D eigenvalue weighted by atomic mass is 31.2. The second kappa shape index (κ2) is 7.69. The lowest BCUT2D eigenvalue weighted by atomic mass is 9.81. The van der Waals surface area contributed by atoms with Crippen LogP contribution in [-0.2, 0) is 4.57 Å². The van der Waals surface area contributed by atoms with Crippen LogP contribution in [0.4, 0.5) is 0 Å². The molecule has 2 aromatic rings. The molecule has 1 unspecified atom stereocenters. The highest BCUT2D eigenvalue weighted by molar-refractivity contribution is 7.79. The Morgan fingerprint density at radius 3 is 1.64 bits per heavy atom. The molecule has 0 fully saturated rings. The minimum atomic E-state index is -3.21. The molecule has 0 spiro atoms. The van der Waals surface area contributed by atoms with E-state index in [0.717, 1.165) is 6.42 Å². The van der Waals surface area contributed by atoms with Crippen molar-refractivity contribution in [2.45, 2.75) is 32.9 Å². The van der Waals surface area contributed by atoms with Gasteiger partial charge in [-0.1, -0.05) is 87.9 Å². The van der Waals surface area contributed by atoms with E-state index in [4.69, 9.17) is 0 Å². The molecule has 3 nitrogen and oxygen atoms in total. The van der Waals surface area contributed by atoms with Crippen molar-refractivity contribution in [3.05, 3.63) is 60.7 Å². The monoisotopic (exact) mass is 350 g/mol. The van der Waals surface area contributed by atoms with Crippen LogP contribution in [0, 0.1) is 34.0 Å². The van der Waals surface area contributed by atoms with Crippen LogP contribution in [-0.4, -0.2) is 5.66 Å². The maximum Gasteiger partial charge on any atom is 0.149 e. The van der Waals surface area contributed by atoms with Gasteiger partial charge in [-0.05, 0) is 5.41 Å². The minimum absolute atomic E-state index is 0.433. The van der Waals surface area contributed by atoms with E-state index in [2.05, 4.69) is 12.1 Å². The Hall–Kier alpha value is -2.35. The second-order valence-corrected chi connectivity index (χ2v) is 9.76. The van der Waals surface area contributed by atoms with Crippen LogP contribution < -0.4 is 10.6 Å². The third-order valence-electron chi connectivity index (χ3n) is 4.98. The summed E-state index contributed by atoms with van der Waals surface area (Å²) in [6.07, 6.45) is 0.723. The van der Waals surface area contributed by atoms with Gasteiger partial charge in [0.25, 0.3) is 0 Å². The molecule has 0 aliphatic heterocycles. The Morgan fingerprint density at radius 1 is 0.920 bits per heavy atom. The van der Waals surface area contributed by atoms with Gasteiger partial charge >= 0.3 is 0 Å². The first kappa shape index (κ1) is 19.0. The van der Waals surface area contributed by atoms with Crippen molar-refractivity contribution in [3.8, 4) is 12.1 Å². The molecule has 0 heterocycles. The molecule has 0 bridgehead atoms. The van der Waals surface area contributed by atoms with Crippen LogP contribution in [0.15, 0.2) is 60.7 Å². The number of benzene rings is 2. The molecule has 0 saturated heterocycles. The first-order valence-electron chi connectivity index (χ1n) is 8.42. The molecule has 2 rings (SSSR count). The van der Waals surface area contributed by atoms with Gasteiger partial charge in [-0.2, -0.15) is 10.5 Å². The van der Waals surface area contributed by atoms with E-state index >= 15 is 0 Å². The fourth-order valence-corrected chi connectivity index (χ4v) is 7.19. The van der Waals surface area contributed by atoms with Gasteiger partial charge in [0.1, 0.15) is 13.1 Å². The van der Waals surface area contributed by atoms with E-state index in [0.29, 0.717) is 10.6 Å². The summed E-state index contributed by atoms with van der Waals surface area (Å²) in [6.45, 7) is 6.01. The number of rotatable bonds is 6. The molecular formula is C21H23N2OP. The van der Waals surface area contributed by atoms with Crippen LogP contribution in [0.25, 0.3) is 0 Å². The molecular weight excluding hydrogens is 327 g/mol. The fraction of sp³-hybridized carbons (Fsp3) is 0.333. The normalized spacial score (nSPS) is 13.0. The molecule has 2 aromatic carbocycles. The van der Waals surface area contributed by atoms with Crippen molar-refractivity contribution in [2.24, 2.45) is 11.3 Å². The summed E-state index contributed by atoms with van der Waals surface area (Å²) < 4.78 is 14.6. The summed E-state index contributed by atoms with van der Waals surface area (Å²) in [6, 6.07) is 22.8. The molecule has 128 valence electrons. The molecule has 25 heavy (non-hydrogen) atoms. The van der Waals surface area contributed by atoms with E-state index in [-0.39, 0.29) is 0 Å². The predicted octanol–water partition coefficient (Wildman–Crippen LogP) is 4.47. The highest BCUT2D eigenvalue weighted by Gasteiger charge is 2.49. The Balaban J connectivity index is 2.84. The van der Waals surface area contributed by atoms with Gasteiger partial charge in [0.2, 0.25) is 0 Å². The van der Waals surface area contributed by atoms with Crippen molar-refractivity contribution >= 4 is 17.8 Å². The average Bonchev–Trinajstić information content (AvgIpc) is 2.66. The number of hydrogen-bond donors (Lipinski definition) is 0. The summed E-state index contributed by atoms with van der Waals surface area (Å²) in [4.78, 5) is 0. The summed E-state index contributed by atoms with van der Waals surface area (Å²) in [5, 5.41) is 20.6. The summed E-state index contributed by atoms with van der Waals surface area (Å²) >= 11 is 0. The number of nitrogens with zero attached hydrogens (tertiary/aromatic N) is 2. The molecule has 0 saturated carbocycles. The lowest BCUT2D eigenvalue weighted by molar-refractivity contribution is 0.308. The molecule has 1 atom stereocenters. The van der Waals surface area contributed by atoms with Crippen molar-refractivity contribution in [3.63, 3.8) is 0 Å². The van der Waals surface area contributed by atoms with Crippen LogP contribution in [0.3, 0.4) is 0 Å². The van der Waals surface area contributed by atoms with Gasteiger partial charge in [0, 0.05) is 10.6 Å². The Kier molecular flexibility index (Phi) is 5.84. The zero-order chi connectivity index (χ0) is 18.5. The standard InChI is InChI=1S/C21H23N2OP/c1-4-21(2,3)20(17(15-22)16-23)25(24,18-11-7-5-8-12-18)19-13-9-6-10-14-19/h5-14,17,20H,4H2,1-3H3. The van der Waals surface area contributed by atoms with Crippen LogP contribution >= 0.6 is 7.14 Å². The van der Waals surface area contributed by atoms with E-state index in [9.17, 15) is 15.1 Å². The van der Waals surface area contributed by atoms with Crippen LogP contribution in [0.5, 0.6) is 0 Å². The highest BCUT2D eigenvalue weighted by Crippen LogP contribution is 2.58. The lowest BCUT2D eigenvalue weighted by Gasteiger charge is -2.40. The summed E-state index contributed by atoms with van der Waals surface area (Å²) in [5.74, 6) is -0.943. The summed E-state index contributed by atoms with van der Waals surface area (Å²) in [5.41, 5.74) is -1.01. The van der Waals surface area contributed by atoms with Gasteiger partial charge in [0.05, 0.1) is 17.8 Å². The molecule has 0 radical (unpaired) electrons. The van der Waals surface area contributed by atoms with Gasteiger partial charge < -0.3 is 4.57 Å². The molecule has 0 N–H and O–H groups in total. The second-order valence-electron chi connectivity index (χ2n) is 6.85. The zero-order valence-electron chi connectivity index (χ0n) is 14.9. The van der Waals surface area contributed by atoms with Crippen LogP contribution in [0.2, 0.25) is 0 Å². The smallest absolute Gasteiger partial charge is 0.149 e. The van der Waals surface area contributed by atoms with Crippen molar-refractivity contribution in [2.75, 3.05) is 0 Å². The molecule has 0 amide bonds. The zero-order valence-corrected chi connectivity index (χ0v) is 15.8. The number of hydrogen-bond acceptors (Lipinski definition) is 3. The average molecular weight is 350 g/mol. The third-order valence-corrected chi connectivity index (χ3v) is 8.89. The van der Waals surface area contributed by atoms with Crippen molar-refractivity contribution in [1.29, 1.82) is 10.5 Å². The Bertz CT molecular complexity index is 774. The fourth-order valence-electron chi connectivity index (χ4n) is 3.30. The Labute approximate surface area is 150 Å². The van der Waals surface area contributed by atoms with Crippen molar-refractivity contribution in [1.82, 2.24) is 0 Å². The van der Waals surface area contributed by atoms with Gasteiger partial charge in [0.15, 0.2) is 0 Å². The topological polar surface area (TPSA) is 64.7 Å². The van der Waals surface area contributed by atoms with Gasteiger partial charge in [-0.3, -0.25) is 0 Å². The lowest BCUT2D eigenvalue weighted by Crippen LogP contribution is -2.40. The number of nitriles is 2. The molecule has 0 aromatic heterocycles. The summed E-state index contributed by atoms with van der Waals surface area (Å²) in [7, 11) is -3.21. The largest absolute Gasteiger partial charge is 0.313 e. The van der Waals surface area contributed by atoms with E-state index in [1.54, 1.807) is 0 Å². The Morgan fingerprint density at radius 2 is 1.32 bits per heavy atom. The van der Waals surface area contributed by atoms with Gasteiger partial charge in [-0.15, -0.1) is 0 Å². The first-order chi connectivity index (χ1) is 11.9. The quantitative estimate of drug-likeness (QED) is 0.722. The van der Waals surface area contributed by atoms with E-state index < -0.39 is 24.1 Å². The van der Waals surface area contributed by atoms with E-state index in [1.165, 1.54) is 0 Å². The first-order valence-corrected chi connectivity index (χ1v) is 10.2. The van der Waals surface area contributed by atoms with Crippen LogP contribution in [0.1, 0.15) is 27.2 Å². The predicted molar refractivity (Wildman–Crippen MR) is 102 cm³/mol. The van der Waals surface area contributed by atoms with Crippen molar-refractivity contribution < 1.29 is 4.57 Å². The minimum Gasteiger partial charge on any atom is -0.313 e. The molecule has 4 heteroatoms. The van der Waals surface area contributed by atoms with E-state index in [1.807, 2.05) is 81.4 Å². The molecule has 0 aliphatic carbocycles. The molecule has 0 aliphatic rings. The third kappa shape index (κ3) is 3.53.